The highest BCUT2D eigenvalue weighted by molar-refractivity contribution is 6.03. The number of carbonyl (C=O) groups is 1. The molecule has 4 N–H and O–H groups in total. The molecule has 5 heteroatoms. The molecule has 0 unspecified atom stereocenters. The van der Waals surface area contributed by atoms with Crippen LogP contribution in [0.15, 0.2) is 48.5 Å². The fourth-order valence-corrected chi connectivity index (χ4v) is 1.36. The number of carbonyl (C=O) groups excluding carboxylic acids is 1. The molecule has 1 heterocycles. The molecule has 0 aliphatic carbocycles. The quantitative estimate of drug-likeness (QED) is 0.551. The van der Waals surface area contributed by atoms with Crippen molar-refractivity contribution in [1.82, 2.24) is 4.98 Å². The molecule has 0 atom stereocenters. The smallest absolute Gasteiger partial charge is 0.274 e. The van der Waals surface area contributed by atoms with Crippen molar-refractivity contribution in [3.63, 3.8) is 0 Å². The normalized spacial score (nSPS) is 9.71. The van der Waals surface area contributed by atoms with E-state index in [9.17, 15) is 4.79 Å². The average Bonchev–Trinajstić information content (AvgIpc) is 2.40. The summed E-state index contributed by atoms with van der Waals surface area (Å²) in [5.74, 6) is 5.41. The number of pyridine rings is 1. The van der Waals surface area contributed by atoms with Gasteiger partial charge in [-0.3, -0.25) is 4.79 Å². The van der Waals surface area contributed by atoms with Crippen LogP contribution in [0, 0.1) is 0 Å². The molecule has 2 rings (SSSR count). The largest absolute Gasteiger partial charge is 0.321 e. The SMILES string of the molecule is NNc1cccc(C(=O)Nc2ccccc2)n1. The number of rotatable bonds is 3. The maximum atomic E-state index is 11.8. The maximum Gasteiger partial charge on any atom is 0.274 e. The van der Waals surface area contributed by atoms with Crippen molar-refractivity contribution < 1.29 is 4.79 Å². The minimum absolute atomic E-state index is 0.270. The van der Waals surface area contributed by atoms with Crippen LogP contribution in [0.5, 0.6) is 0 Å². The van der Waals surface area contributed by atoms with Gasteiger partial charge in [-0.05, 0) is 24.3 Å². The third-order valence-corrected chi connectivity index (χ3v) is 2.16. The summed E-state index contributed by atoms with van der Waals surface area (Å²) in [4.78, 5) is 15.9. The highest BCUT2D eigenvalue weighted by Gasteiger charge is 2.07. The molecule has 5 nitrogen and oxygen atoms in total. The van der Waals surface area contributed by atoms with Crippen molar-refractivity contribution in [2.75, 3.05) is 10.7 Å². The van der Waals surface area contributed by atoms with E-state index in [-0.39, 0.29) is 5.91 Å². The van der Waals surface area contributed by atoms with Crippen LogP contribution in [0.4, 0.5) is 11.5 Å². The number of amides is 1. The highest BCUT2D eigenvalue weighted by atomic mass is 16.1. The molecule has 1 aromatic carbocycles. The molecule has 0 bridgehead atoms. The number of hydrogen-bond donors (Lipinski definition) is 3. The standard InChI is InChI=1S/C12H12N4O/c13-16-11-8-4-7-10(15-11)12(17)14-9-5-2-1-3-6-9/h1-8H,13H2,(H,14,17)(H,15,16). The lowest BCUT2D eigenvalue weighted by molar-refractivity contribution is 0.102. The van der Waals surface area contributed by atoms with Crippen LogP contribution in [0.2, 0.25) is 0 Å². The molecule has 17 heavy (non-hydrogen) atoms. The van der Waals surface area contributed by atoms with Gasteiger partial charge in [-0.2, -0.15) is 0 Å². The number of nitrogen functional groups attached to an aromatic ring is 1. The van der Waals surface area contributed by atoms with Gasteiger partial charge in [-0.1, -0.05) is 24.3 Å². The Bertz CT molecular complexity index is 513. The van der Waals surface area contributed by atoms with Gasteiger partial charge in [0.1, 0.15) is 11.5 Å². The summed E-state index contributed by atoms with van der Waals surface area (Å²) in [6, 6.07) is 14.2. The first-order valence-electron chi connectivity index (χ1n) is 5.09. The first kappa shape index (κ1) is 11.1. The molecule has 0 radical (unpaired) electrons. The Labute approximate surface area is 98.6 Å². The molecule has 1 aromatic heterocycles. The second kappa shape index (κ2) is 5.09. The fraction of sp³-hybridized carbons (Fsp3) is 0. The minimum atomic E-state index is -0.270. The molecule has 0 saturated carbocycles. The van der Waals surface area contributed by atoms with Gasteiger partial charge >= 0.3 is 0 Å². The van der Waals surface area contributed by atoms with Crippen LogP contribution in [0.25, 0.3) is 0 Å². The number of nitrogens with two attached hydrogens (primary N) is 1. The zero-order valence-corrected chi connectivity index (χ0v) is 9.05. The van der Waals surface area contributed by atoms with Gasteiger partial charge in [0.05, 0.1) is 0 Å². The van der Waals surface area contributed by atoms with Gasteiger partial charge in [0.2, 0.25) is 0 Å². The fourth-order valence-electron chi connectivity index (χ4n) is 1.36. The molecule has 2 aromatic rings. The van der Waals surface area contributed by atoms with E-state index in [1.807, 2.05) is 30.3 Å². The lowest BCUT2D eigenvalue weighted by Crippen LogP contribution is -2.16. The zero-order chi connectivity index (χ0) is 12.1. The lowest BCUT2D eigenvalue weighted by atomic mass is 10.3. The summed E-state index contributed by atoms with van der Waals surface area (Å²) in [5.41, 5.74) is 3.43. The Kier molecular flexibility index (Phi) is 3.32. The van der Waals surface area contributed by atoms with Crippen LogP contribution >= 0.6 is 0 Å². The number of nitrogens with one attached hydrogen (secondary N) is 2. The summed E-state index contributed by atoms with van der Waals surface area (Å²) in [6.45, 7) is 0. The monoisotopic (exact) mass is 228 g/mol. The molecule has 1 amide bonds. The van der Waals surface area contributed by atoms with Crippen molar-refractivity contribution in [2.24, 2.45) is 5.84 Å². The van der Waals surface area contributed by atoms with Crippen LogP contribution in [-0.4, -0.2) is 10.9 Å². The number of benzene rings is 1. The van der Waals surface area contributed by atoms with Gasteiger partial charge in [0.15, 0.2) is 0 Å². The first-order valence-corrected chi connectivity index (χ1v) is 5.09. The van der Waals surface area contributed by atoms with Crippen LogP contribution in [0.3, 0.4) is 0 Å². The van der Waals surface area contributed by atoms with E-state index < -0.39 is 0 Å². The van der Waals surface area contributed by atoms with E-state index in [0.717, 1.165) is 5.69 Å². The molecular formula is C12H12N4O. The van der Waals surface area contributed by atoms with E-state index >= 15 is 0 Å². The number of hydrazine groups is 1. The van der Waals surface area contributed by atoms with Crippen LogP contribution < -0.4 is 16.6 Å². The van der Waals surface area contributed by atoms with Crippen LogP contribution in [0.1, 0.15) is 10.5 Å². The van der Waals surface area contributed by atoms with Crippen molar-refractivity contribution in [2.45, 2.75) is 0 Å². The number of para-hydroxylation sites is 1. The van der Waals surface area contributed by atoms with E-state index in [4.69, 9.17) is 5.84 Å². The summed E-state index contributed by atoms with van der Waals surface area (Å²) in [5, 5.41) is 2.74. The third kappa shape index (κ3) is 2.79. The Morgan fingerprint density at radius 3 is 2.53 bits per heavy atom. The second-order valence-electron chi connectivity index (χ2n) is 3.37. The van der Waals surface area contributed by atoms with E-state index in [2.05, 4.69) is 15.7 Å². The number of anilines is 2. The molecule has 0 aliphatic rings. The van der Waals surface area contributed by atoms with Gasteiger partial charge in [-0.25, -0.2) is 10.8 Å². The predicted octanol–water partition coefficient (Wildman–Crippen LogP) is 1.62. The number of hydrogen-bond acceptors (Lipinski definition) is 4. The summed E-state index contributed by atoms with van der Waals surface area (Å²) >= 11 is 0. The Hall–Kier alpha value is -2.40. The Morgan fingerprint density at radius 2 is 1.82 bits per heavy atom. The van der Waals surface area contributed by atoms with Crippen molar-refractivity contribution in [1.29, 1.82) is 0 Å². The summed E-state index contributed by atoms with van der Waals surface area (Å²) in [6.07, 6.45) is 0. The highest BCUT2D eigenvalue weighted by Crippen LogP contribution is 2.08. The van der Waals surface area contributed by atoms with E-state index in [1.54, 1.807) is 18.2 Å². The predicted molar refractivity (Wildman–Crippen MR) is 66.4 cm³/mol. The van der Waals surface area contributed by atoms with Gasteiger partial charge < -0.3 is 10.7 Å². The summed E-state index contributed by atoms with van der Waals surface area (Å²) < 4.78 is 0. The molecule has 0 fully saturated rings. The lowest BCUT2D eigenvalue weighted by Gasteiger charge is -2.05. The molecule has 86 valence electrons. The second-order valence-corrected chi connectivity index (χ2v) is 3.37. The van der Waals surface area contributed by atoms with Gasteiger partial charge in [0.25, 0.3) is 5.91 Å². The van der Waals surface area contributed by atoms with Crippen molar-refractivity contribution >= 4 is 17.4 Å². The number of aromatic nitrogens is 1. The third-order valence-electron chi connectivity index (χ3n) is 2.16. The molecule has 0 spiro atoms. The Morgan fingerprint density at radius 1 is 1.06 bits per heavy atom. The summed E-state index contributed by atoms with van der Waals surface area (Å²) in [7, 11) is 0. The van der Waals surface area contributed by atoms with Crippen molar-refractivity contribution in [3.8, 4) is 0 Å². The first-order chi connectivity index (χ1) is 8.29. The maximum absolute atomic E-state index is 11.8. The molecule has 0 saturated heterocycles. The molecular weight excluding hydrogens is 216 g/mol. The van der Waals surface area contributed by atoms with Crippen LogP contribution in [-0.2, 0) is 0 Å². The number of nitrogens with zero attached hydrogens (tertiary/aromatic N) is 1. The molecule has 0 aliphatic heterocycles. The average molecular weight is 228 g/mol. The van der Waals surface area contributed by atoms with Gasteiger partial charge in [-0.15, -0.1) is 0 Å². The van der Waals surface area contributed by atoms with E-state index in [0.29, 0.717) is 11.5 Å². The topological polar surface area (TPSA) is 80.0 Å². The Balaban J connectivity index is 2.14. The van der Waals surface area contributed by atoms with Crippen molar-refractivity contribution in [3.05, 3.63) is 54.2 Å². The minimum Gasteiger partial charge on any atom is -0.321 e. The van der Waals surface area contributed by atoms with E-state index in [1.165, 1.54) is 0 Å². The zero-order valence-electron chi connectivity index (χ0n) is 9.05. The van der Waals surface area contributed by atoms with Gasteiger partial charge in [0, 0.05) is 5.69 Å².